The second-order valence-corrected chi connectivity index (χ2v) is 4.32. The number of esters is 1. The van der Waals surface area contributed by atoms with Crippen LogP contribution in [0.3, 0.4) is 0 Å². The highest BCUT2D eigenvalue weighted by Gasteiger charge is 2.43. The zero-order valence-electron chi connectivity index (χ0n) is 9.68. The number of aliphatic hydroxyl groups is 4. The summed E-state index contributed by atoms with van der Waals surface area (Å²) in [5, 5.41) is 37.4. The van der Waals surface area contributed by atoms with Crippen LogP contribution in [0.5, 0.6) is 0 Å². The molecule has 0 aliphatic carbocycles. The molecule has 0 aromatic rings. The van der Waals surface area contributed by atoms with E-state index in [1.165, 1.54) is 0 Å². The molecule has 0 radical (unpaired) electrons. The molecule has 0 aromatic heterocycles. The van der Waals surface area contributed by atoms with Crippen molar-refractivity contribution in [3.63, 3.8) is 0 Å². The minimum Gasteiger partial charge on any atom is -0.463 e. The zero-order valence-corrected chi connectivity index (χ0v) is 9.68. The second-order valence-electron chi connectivity index (χ2n) is 4.32. The van der Waals surface area contributed by atoms with Gasteiger partial charge in [-0.3, -0.25) is 4.79 Å². The van der Waals surface area contributed by atoms with Gasteiger partial charge in [-0.25, -0.2) is 0 Å². The Morgan fingerprint density at radius 3 is 2.29 bits per heavy atom. The van der Waals surface area contributed by atoms with Crippen LogP contribution < -0.4 is 0 Å². The Morgan fingerprint density at radius 2 is 1.76 bits per heavy atom. The largest absolute Gasteiger partial charge is 0.463 e. The van der Waals surface area contributed by atoms with Crippen LogP contribution in [-0.4, -0.2) is 63.7 Å². The molecule has 1 aliphatic heterocycles. The van der Waals surface area contributed by atoms with Gasteiger partial charge in [-0.05, 0) is 0 Å². The van der Waals surface area contributed by atoms with Crippen molar-refractivity contribution in [3.8, 4) is 0 Å². The Balaban J connectivity index is 2.51. The molecule has 1 rings (SSSR count). The van der Waals surface area contributed by atoms with Crippen LogP contribution >= 0.6 is 0 Å². The Morgan fingerprint density at radius 1 is 1.18 bits per heavy atom. The Bertz CT molecular complexity index is 267. The van der Waals surface area contributed by atoms with Gasteiger partial charge in [0.25, 0.3) is 0 Å². The number of hydrogen-bond donors (Lipinski definition) is 4. The van der Waals surface area contributed by atoms with E-state index in [-0.39, 0.29) is 12.5 Å². The highest BCUT2D eigenvalue weighted by Crippen LogP contribution is 2.20. The smallest absolute Gasteiger partial charge is 0.308 e. The summed E-state index contributed by atoms with van der Waals surface area (Å²) in [6, 6.07) is 0. The van der Waals surface area contributed by atoms with Gasteiger partial charge in [0.15, 0.2) is 6.29 Å². The number of hydrogen-bond acceptors (Lipinski definition) is 7. The monoisotopic (exact) mass is 250 g/mol. The molecule has 1 aliphatic rings. The summed E-state index contributed by atoms with van der Waals surface area (Å²) in [6.45, 7) is 3.00. The average molecular weight is 250 g/mol. The van der Waals surface area contributed by atoms with Crippen molar-refractivity contribution < 1.29 is 34.7 Å². The van der Waals surface area contributed by atoms with Crippen molar-refractivity contribution in [1.82, 2.24) is 0 Å². The molecular weight excluding hydrogens is 232 g/mol. The Hall–Kier alpha value is -0.730. The van der Waals surface area contributed by atoms with E-state index in [0.29, 0.717) is 0 Å². The van der Waals surface area contributed by atoms with Crippen molar-refractivity contribution >= 4 is 5.97 Å². The first-order valence-corrected chi connectivity index (χ1v) is 5.39. The maximum Gasteiger partial charge on any atom is 0.308 e. The molecule has 7 nitrogen and oxygen atoms in total. The van der Waals surface area contributed by atoms with E-state index in [2.05, 4.69) is 0 Å². The van der Waals surface area contributed by atoms with Crippen LogP contribution in [-0.2, 0) is 14.3 Å². The highest BCUT2D eigenvalue weighted by molar-refractivity contribution is 5.71. The predicted octanol–water partition coefficient (Wildman–Crippen LogP) is -2.01. The molecule has 0 spiro atoms. The molecular formula is C10H18O7. The second kappa shape index (κ2) is 5.74. The molecule has 0 amide bonds. The minimum absolute atomic E-state index is 0.293. The first-order chi connectivity index (χ1) is 7.84. The summed E-state index contributed by atoms with van der Waals surface area (Å²) in [4.78, 5) is 11.2. The summed E-state index contributed by atoms with van der Waals surface area (Å²) < 4.78 is 9.65. The molecule has 0 unspecified atom stereocenters. The molecule has 0 saturated carbocycles. The summed E-state index contributed by atoms with van der Waals surface area (Å²) >= 11 is 0. The number of carbonyl (C=O) groups excluding carboxylic acids is 1. The van der Waals surface area contributed by atoms with E-state index in [4.69, 9.17) is 9.47 Å². The summed E-state index contributed by atoms with van der Waals surface area (Å²) in [6.07, 6.45) is -7.22. The summed E-state index contributed by atoms with van der Waals surface area (Å²) in [5.74, 6) is -0.799. The molecule has 5 atom stereocenters. The molecule has 0 bridgehead atoms. The lowest BCUT2D eigenvalue weighted by Gasteiger charge is -2.37. The van der Waals surface area contributed by atoms with Crippen molar-refractivity contribution in [2.24, 2.45) is 5.92 Å². The molecule has 1 fully saturated rings. The van der Waals surface area contributed by atoms with Gasteiger partial charge in [0.05, 0.1) is 5.92 Å². The van der Waals surface area contributed by atoms with Gasteiger partial charge in [0, 0.05) is 0 Å². The molecule has 1 saturated heterocycles. The average Bonchev–Trinajstić information content (AvgIpc) is 2.28. The van der Waals surface area contributed by atoms with E-state index in [1.54, 1.807) is 13.8 Å². The lowest BCUT2D eigenvalue weighted by atomic mass is 9.99. The first-order valence-electron chi connectivity index (χ1n) is 5.39. The van der Waals surface area contributed by atoms with Gasteiger partial charge < -0.3 is 29.9 Å². The van der Waals surface area contributed by atoms with Gasteiger partial charge in [0.2, 0.25) is 0 Å². The molecule has 17 heavy (non-hydrogen) atoms. The number of ether oxygens (including phenoxy) is 2. The van der Waals surface area contributed by atoms with E-state index < -0.39 is 36.7 Å². The number of carbonyl (C=O) groups is 1. The van der Waals surface area contributed by atoms with Crippen LogP contribution in [0.2, 0.25) is 0 Å². The maximum absolute atomic E-state index is 11.2. The van der Waals surface area contributed by atoms with Crippen LogP contribution in [0.15, 0.2) is 0 Å². The summed E-state index contributed by atoms with van der Waals surface area (Å²) in [5.41, 5.74) is 0. The third-order valence-electron chi connectivity index (χ3n) is 2.55. The standard InChI is InChI=1S/C10H18O7/c1-4(2)9(14)16-3-5-6(11)7(12)8(13)10(15)17-5/h4-8,10-13,15H,3H2,1-2H3/t5-,6-,7+,8-,10-/m1/s1. The van der Waals surface area contributed by atoms with Gasteiger partial charge in [-0.2, -0.15) is 0 Å². The lowest BCUT2D eigenvalue weighted by molar-refractivity contribution is -0.287. The van der Waals surface area contributed by atoms with E-state index in [9.17, 15) is 25.2 Å². The maximum atomic E-state index is 11.2. The van der Waals surface area contributed by atoms with Gasteiger partial charge in [-0.1, -0.05) is 13.8 Å². The fourth-order valence-corrected chi connectivity index (χ4v) is 1.40. The SMILES string of the molecule is CC(C)C(=O)OC[C@H]1O[C@@H](O)[C@H](O)[C@@H](O)[C@@H]1O. The van der Waals surface area contributed by atoms with E-state index in [1.807, 2.05) is 0 Å². The van der Waals surface area contributed by atoms with Crippen molar-refractivity contribution in [2.45, 2.75) is 44.6 Å². The highest BCUT2D eigenvalue weighted by atomic mass is 16.6. The van der Waals surface area contributed by atoms with Crippen molar-refractivity contribution in [2.75, 3.05) is 6.61 Å². The topological polar surface area (TPSA) is 116 Å². The van der Waals surface area contributed by atoms with Crippen molar-refractivity contribution in [1.29, 1.82) is 0 Å². The number of rotatable bonds is 3. The van der Waals surface area contributed by atoms with Crippen LogP contribution in [0, 0.1) is 5.92 Å². The molecule has 1 heterocycles. The van der Waals surface area contributed by atoms with Gasteiger partial charge in [0.1, 0.15) is 31.0 Å². The van der Waals surface area contributed by atoms with Gasteiger partial charge >= 0.3 is 5.97 Å². The van der Waals surface area contributed by atoms with Crippen molar-refractivity contribution in [3.05, 3.63) is 0 Å². The Labute approximate surface area is 98.6 Å². The third-order valence-corrected chi connectivity index (χ3v) is 2.55. The van der Waals surface area contributed by atoms with E-state index >= 15 is 0 Å². The zero-order chi connectivity index (χ0) is 13.2. The Kier molecular flexibility index (Phi) is 4.84. The number of aliphatic hydroxyl groups excluding tert-OH is 4. The van der Waals surface area contributed by atoms with Gasteiger partial charge in [-0.15, -0.1) is 0 Å². The van der Waals surface area contributed by atoms with E-state index in [0.717, 1.165) is 0 Å². The van der Waals surface area contributed by atoms with Crippen LogP contribution in [0.4, 0.5) is 0 Å². The lowest BCUT2D eigenvalue weighted by Crippen LogP contribution is -2.58. The molecule has 4 N–H and O–H groups in total. The quantitative estimate of drug-likeness (QED) is 0.427. The minimum atomic E-state index is -1.61. The third kappa shape index (κ3) is 3.36. The molecule has 0 aromatic carbocycles. The first kappa shape index (κ1) is 14.3. The normalized spacial score (nSPS) is 38.2. The fourth-order valence-electron chi connectivity index (χ4n) is 1.40. The summed E-state index contributed by atoms with van der Waals surface area (Å²) in [7, 11) is 0. The van der Waals surface area contributed by atoms with Crippen LogP contribution in [0.25, 0.3) is 0 Å². The predicted molar refractivity (Wildman–Crippen MR) is 54.7 cm³/mol. The molecule has 100 valence electrons. The van der Waals surface area contributed by atoms with Crippen LogP contribution in [0.1, 0.15) is 13.8 Å². The molecule has 7 heteroatoms. The fraction of sp³-hybridized carbons (Fsp3) is 0.900.